The van der Waals surface area contributed by atoms with Gasteiger partial charge in [-0.15, -0.1) is 0 Å². The van der Waals surface area contributed by atoms with Crippen LogP contribution in [0.25, 0.3) is 0 Å². The Morgan fingerprint density at radius 2 is 1.63 bits per heavy atom. The number of nitrogens with zero attached hydrogens (tertiary/aromatic N) is 1. The van der Waals surface area contributed by atoms with Crippen LogP contribution in [-0.2, 0) is 48.3 Å². The molecule has 1 atom stereocenters. The summed E-state index contributed by atoms with van der Waals surface area (Å²) in [6, 6.07) is 6.09. The van der Waals surface area contributed by atoms with E-state index in [0.29, 0.717) is 0 Å². The average molecular weight is 488 g/mol. The number of methoxy groups -OCH3 is 3. The van der Waals surface area contributed by atoms with Crippen molar-refractivity contribution in [2.45, 2.75) is 18.8 Å². The van der Waals surface area contributed by atoms with E-state index in [1.807, 2.05) is 0 Å². The second-order valence-corrected chi connectivity index (χ2v) is 7.34. The fraction of sp³-hybridized carbons (Fsp3) is 0.348. The van der Waals surface area contributed by atoms with Gasteiger partial charge in [-0.1, -0.05) is 18.2 Å². The van der Waals surface area contributed by atoms with Gasteiger partial charge in [0.15, 0.2) is 0 Å². The third-order valence-corrected chi connectivity index (χ3v) is 5.61. The van der Waals surface area contributed by atoms with E-state index < -0.39 is 65.2 Å². The molecule has 35 heavy (non-hydrogen) atoms. The van der Waals surface area contributed by atoms with E-state index in [0.717, 1.165) is 26.2 Å². The van der Waals surface area contributed by atoms with Crippen molar-refractivity contribution in [3.63, 3.8) is 0 Å². The van der Waals surface area contributed by atoms with Gasteiger partial charge in [0.1, 0.15) is 23.3 Å². The fourth-order valence-electron chi connectivity index (χ4n) is 4.20. The number of amides is 1. The van der Waals surface area contributed by atoms with E-state index in [2.05, 4.69) is 0 Å². The van der Waals surface area contributed by atoms with Gasteiger partial charge in [-0.25, -0.2) is 9.59 Å². The number of hydrogen-bond donors (Lipinski definition) is 1. The monoisotopic (exact) mass is 488 g/mol. The maximum Gasteiger partial charge on any atom is 0.341 e. The zero-order valence-corrected chi connectivity index (χ0v) is 19.5. The molecule has 0 aromatic heterocycles. The summed E-state index contributed by atoms with van der Waals surface area (Å²) in [6.45, 7) is 0.779. The zero-order chi connectivity index (χ0) is 25.9. The third kappa shape index (κ3) is 3.96. The molecule has 1 aromatic carbocycles. The maximum absolute atomic E-state index is 14.2. The van der Waals surface area contributed by atoms with Gasteiger partial charge in [0.2, 0.25) is 11.8 Å². The molecule has 2 N–H and O–H groups in total. The molecule has 3 rings (SSSR count). The molecule has 0 bridgehead atoms. The van der Waals surface area contributed by atoms with Crippen LogP contribution in [0.2, 0.25) is 0 Å². The van der Waals surface area contributed by atoms with Crippen molar-refractivity contribution in [2.75, 3.05) is 34.5 Å². The standard InChI is InChI=1S/C23H24N2O10/c1-5-34-21(29)18-19(24)35-14-9-7-6-8-12(14)23(18)17(20(28)33-4)13(10-15(26)31-2)25(22(23)30)11-16(27)32-3/h6-9H,5,10-11,24H2,1-4H3/t23-/m0/s1. The summed E-state index contributed by atoms with van der Waals surface area (Å²) in [7, 11) is 3.29. The van der Waals surface area contributed by atoms with E-state index in [1.54, 1.807) is 19.1 Å². The lowest BCUT2D eigenvalue weighted by Crippen LogP contribution is -2.50. The minimum absolute atomic E-state index is 0.0670. The van der Waals surface area contributed by atoms with E-state index >= 15 is 0 Å². The molecule has 1 amide bonds. The van der Waals surface area contributed by atoms with Crippen LogP contribution >= 0.6 is 0 Å². The van der Waals surface area contributed by atoms with E-state index in [4.69, 9.17) is 29.4 Å². The second-order valence-electron chi connectivity index (χ2n) is 7.34. The van der Waals surface area contributed by atoms with Crippen molar-refractivity contribution in [1.29, 1.82) is 0 Å². The number of rotatable bonds is 7. The first-order valence-electron chi connectivity index (χ1n) is 10.4. The molecule has 186 valence electrons. The summed E-state index contributed by atoms with van der Waals surface area (Å²) < 4.78 is 25.2. The van der Waals surface area contributed by atoms with Crippen LogP contribution in [0, 0.1) is 0 Å². The molecule has 1 spiro atoms. The van der Waals surface area contributed by atoms with Gasteiger partial charge in [0.05, 0.1) is 39.9 Å². The third-order valence-electron chi connectivity index (χ3n) is 5.61. The molecule has 12 nitrogen and oxygen atoms in total. The number of carbonyl (C=O) groups excluding carboxylic acids is 5. The Labute approximate surface area is 200 Å². The number of para-hydroxylation sites is 1. The molecule has 0 fully saturated rings. The van der Waals surface area contributed by atoms with Crippen LogP contribution in [0.1, 0.15) is 18.9 Å². The molecule has 2 aliphatic heterocycles. The average Bonchev–Trinajstić information content (AvgIpc) is 3.06. The SMILES string of the molecule is CCOC(=O)C1=C(N)Oc2ccccc2[C@@]12C(=O)N(CC(=O)OC)C(CC(=O)OC)=C2C(=O)OC. The molecule has 2 aliphatic rings. The summed E-state index contributed by atoms with van der Waals surface area (Å²) in [5, 5.41) is 0. The lowest BCUT2D eigenvalue weighted by molar-refractivity contribution is -0.148. The summed E-state index contributed by atoms with van der Waals surface area (Å²) >= 11 is 0. The van der Waals surface area contributed by atoms with Crippen LogP contribution in [0.15, 0.2) is 47.0 Å². The Hall–Kier alpha value is -4.35. The normalized spacial score (nSPS) is 18.7. The Morgan fingerprint density at radius 3 is 2.23 bits per heavy atom. The fourth-order valence-corrected chi connectivity index (χ4v) is 4.20. The summed E-state index contributed by atoms with van der Waals surface area (Å²) in [5.74, 6) is -5.10. The predicted octanol–water partition coefficient (Wildman–Crippen LogP) is 0.0556. The molecule has 0 unspecified atom stereocenters. The molecular weight excluding hydrogens is 464 g/mol. The highest BCUT2D eigenvalue weighted by molar-refractivity contribution is 6.18. The van der Waals surface area contributed by atoms with Gasteiger partial charge in [-0.2, -0.15) is 0 Å². The van der Waals surface area contributed by atoms with E-state index in [1.165, 1.54) is 12.1 Å². The molecule has 0 saturated carbocycles. The number of hydrogen-bond acceptors (Lipinski definition) is 11. The molecular formula is C23H24N2O10. The number of esters is 4. The lowest BCUT2D eigenvalue weighted by atomic mass is 9.67. The molecule has 0 aliphatic carbocycles. The zero-order valence-electron chi connectivity index (χ0n) is 19.5. The van der Waals surface area contributed by atoms with Gasteiger partial charge < -0.3 is 34.3 Å². The Balaban J connectivity index is 2.49. The molecule has 2 heterocycles. The summed E-state index contributed by atoms with van der Waals surface area (Å²) in [4.78, 5) is 66.1. The van der Waals surface area contributed by atoms with Gasteiger partial charge in [-0.3, -0.25) is 14.4 Å². The highest BCUT2D eigenvalue weighted by Gasteiger charge is 2.64. The number of ether oxygens (including phenoxy) is 5. The van der Waals surface area contributed by atoms with E-state index in [9.17, 15) is 24.0 Å². The number of carbonyl (C=O) groups is 5. The highest BCUT2D eigenvalue weighted by Crippen LogP contribution is 2.54. The van der Waals surface area contributed by atoms with Crippen molar-refractivity contribution < 1.29 is 47.7 Å². The smallest absolute Gasteiger partial charge is 0.341 e. The number of nitrogens with two attached hydrogens (primary N) is 1. The van der Waals surface area contributed by atoms with Gasteiger partial charge in [0.25, 0.3) is 0 Å². The van der Waals surface area contributed by atoms with Crippen LogP contribution < -0.4 is 10.5 Å². The van der Waals surface area contributed by atoms with Gasteiger partial charge in [-0.05, 0) is 13.0 Å². The summed E-state index contributed by atoms with van der Waals surface area (Å²) in [5.41, 5.74) is 2.84. The first kappa shape index (κ1) is 25.3. The second kappa shape index (κ2) is 9.87. The maximum atomic E-state index is 14.2. The molecule has 0 saturated heterocycles. The van der Waals surface area contributed by atoms with Crippen molar-refractivity contribution in [3.05, 3.63) is 52.6 Å². The van der Waals surface area contributed by atoms with Crippen molar-refractivity contribution in [2.24, 2.45) is 5.73 Å². The Kier molecular flexibility index (Phi) is 7.13. The number of benzene rings is 1. The topological polar surface area (TPSA) is 161 Å². The van der Waals surface area contributed by atoms with Crippen LogP contribution in [0.4, 0.5) is 0 Å². The largest absolute Gasteiger partial charge is 0.469 e. The summed E-state index contributed by atoms with van der Waals surface area (Å²) in [6.07, 6.45) is -0.607. The van der Waals surface area contributed by atoms with Crippen molar-refractivity contribution in [3.8, 4) is 5.75 Å². The molecule has 0 radical (unpaired) electrons. The van der Waals surface area contributed by atoms with Crippen LogP contribution in [0.3, 0.4) is 0 Å². The Morgan fingerprint density at radius 1 is 0.971 bits per heavy atom. The van der Waals surface area contributed by atoms with Crippen molar-refractivity contribution >= 4 is 29.8 Å². The quantitative estimate of drug-likeness (QED) is 0.408. The minimum atomic E-state index is -2.24. The minimum Gasteiger partial charge on any atom is -0.469 e. The van der Waals surface area contributed by atoms with Gasteiger partial charge >= 0.3 is 23.9 Å². The number of fused-ring (bicyclic) bond motifs is 2. The van der Waals surface area contributed by atoms with E-state index in [-0.39, 0.29) is 23.6 Å². The lowest BCUT2D eigenvalue weighted by Gasteiger charge is -2.36. The first-order chi connectivity index (χ1) is 16.7. The van der Waals surface area contributed by atoms with Crippen LogP contribution in [-0.4, -0.2) is 69.2 Å². The Bertz CT molecular complexity index is 1170. The molecule has 1 aromatic rings. The predicted molar refractivity (Wildman–Crippen MR) is 116 cm³/mol. The van der Waals surface area contributed by atoms with Crippen molar-refractivity contribution in [1.82, 2.24) is 4.90 Å². The van der Waals surface area contributed by atoms with Gasteiger partial charge in [0, 0.05) is 11.3 Å². The van der Waals surface area contributed by atoms with Crippen LogP contribution in [0.5, 0.6) is 5.75 Å². The highest BCUT2D eigenvalue weighted by atomic mass is 16.5. The molecule has 12 heteroatoms. The first-order valence-corrected chi connectivity index (χ1v) is 10.4.